The lowest BCUT2D eigenvalue weighted by Gasteiger charge is -2.09. The zero-order chi connectivity index (χ0) is 21.7. The fraction of sp³-hybridized carbons (Fsp3) is 0.190. The van der Waals surface area contributed by atoms with E-state index < -0.39 is 11.9 Å². The fourth-order valence-corrected chi connectivity index (χ4v) is 2.57. The summed E-state index contributed by atoms with van der Waals surface area (Å²) in [6.07, 6.45) is -3.26. The lowest BCUT2D eigenvalue weighted by Crippen LogP contribution is -2.28. The van der Waals surface area contributed by atoms with Gasteiger partial charge in [0, 0.05) is 18.3 Å². The van der Waals surface area contributed by atoms with E-state index in [1.165, 1.54) is 13.1 Å². The van der Waals surface area contributed by atoms with E-state index in [-0.39, 0.29) is 24.8 Å². The summed E-state index contributed by atoms with van der Waals surface area (Å²) in [5, 5.41) is 6.20. The second-order valence-electron chi connectivity index (χ2n) is 6.46. The third-order valence-corrected chi connectivity index (χ3v) is 4.20. The van der Waals surface area contributed by atoms with Gasteiger partial charge in [-0.3, -0.25) is 9.59 Å². The summed E-state index contributed by atoms with van der Waals surface area (Å²) in [6, 6.07) is 14.0. The molecule has 6 nitrogen and oxygen atoms in total. The van der Waals surface area contributed by atoms with E-state index in [2.05, 4.69) is 10.4 Å². The number of amides is 1. The number of nitrogens with zero attached hydrogens (tertiary/aromatic N) is 2. The van der Waals surface area contributed by atoms with E-state index in [9.17, 15) is 22.8 Å². The number of hydrogen-bond acceptors (Lipinski definition) is 4. The van der Waals surface area contributed by atoms with Crippen molar-refractivity contribution in [3.8, 4) is 11.4 Å². The largest absolute Gasteiger partial charge is 0.484 e. The van der Waals surface area contributed by atoms with Crippen LogP contribution in [-0.2, 0) is 17.5 Å². The van der Waals surface area contributed by atoms with Crippen molar-refractivity contribution in [3.63, 3.8) is 0 Å². The van der Waals surface area contributed by atoms with Crippen LogP contribution in [0.25, 0.3) is 5.69 Å². The number of rotatable bonds is 7. The van der Waals surface area contributed by atoms with Crippen molar-refractivity contribution in [2.45, 2.75) is 19.6 Å². The first-order valence-corrected chi connectivity index (χ1v) is 8.95. The van der Waals surface area contributed by atoms with Gasteiger partial charge in [0.05, 0.1) is 5.69 Å². The molecule has 0 aliphatic rings. The number of ketones is 1. The van der Waals surface area contributed by atoms with E-state index >= 15 is 0 Å². The maximum atomic E-state index is 12.6. The van der Waals surface area contributed by atoms with Crippen LogP contribution in [0.3, 0.4) is 0 Å². The van der Waals surface area contributed by atoms with E-state index in [4.69, 9.17) is 4.74 Å². The van der Waals surface area contributed by atoms with Crippen LogP contribution in [-0.4, -0.2) is 28.1 Å². The first kappa shape index (κ1) is 21.1. The molecule has 0 radical (unpaired) electrons. The van der Waals surface area contributed by atoms with Crippen LogP contribution in [0.1, 0.15) is 28.5 Å². The molecule has 0 fully saturated rings. The molecule has 0 saturated carbocycles. The van der Waals surface area contributed by atoms with E-state index in [0.29, 0.717) is 17.0 Å². The minimum Gasteiger partial charge on any atom is -0.484 e. The molecule has 1 heterocycles. The fourth-order valence-electron chi connectivity index (χ4n) is 2.57. The molecule has 30 heavy (non-hydrogen) atoms. The number of nitrogens with one attached hydrogen (secondary N) is 1. The molecule has 0 spiro atoms. The van der Waals surface area contributed by atoms with E-state index in [1.807, 2.05) is 0 Å². The van der Waals surface area contributed by atoms with Gasteiger partial charge in [0.25, 0.3) is 5.91 Å². The van der Waals surface area contributed by atoms with Crippen LogP contribution in [0.5, 0.6) is 5.75 Å². The topological polar surface area (TPSA) is 73.2 Å². The summed E-state index contributed by atoms with van der Waals surface area (Å²) >= 11 is 0. The third kappa shape index (κ3) is 5.47. The average Bonchev–Trinajstić information content (AvgIpc) is 3.22. The Morgan fingerprint density at radius 1 is 1.03 bits per heavy atom. The van der Waals surface area contributed by atoms with Crippen LogP contribution in [0.4, 0.5) is 13.2 Å². The van der Waals surface area contributed by atoms with E-state index in [0.717, 1.165) is 16.3 Å². The number of carbonyl (C=O) groups excluding carboxylic acids is 2. The van der Waals surface area contributed by atoms with Gasteiger partial charge < -0.3 is 10.1 Å². The molecule has 0 saturated heterocycles. The molecule has 1 aromatic heterocycles. The molecule has 3 rings (SSSR count). The molecule has 1 N–H and O–H groups in total. The number of benzene rings is 2. The van der Waals surface area contributed by atoms with Gasteiger partial charge in [-0.1, -0.05) is 12.1 Å². The van der Waals surface area contributed by atoms with Gasteiger partial charge in [-0.25, -0.2) is 4.68 Å². The second kappa shape index (κ2) is 8.81. The number of halogens is 3. The van der Waals surface area contributed by atoms with Crippen LogP contribution in [0, 0.1) is 0 Å². The zero-order valence-electron chi connectivity index (χ0n) is 15.9. The van der Waals surface area contributed by atoms with Gasteiger partial charge >= 0.3 is 6.18 Å². The highest BCUT2D eigenvalue weighted by Crippen LogP contribution is 2.27. The lowest BCUT2D eigenvalue weighted by atomic mass is 10.1. The number of hydrogen-bond donors (Lipinski definition) is 1. The number of ether oxygens (including phenoxy) is 1. The van der Waals surface area contributed by atoms with Crippen molar-refractivity contribution >= 4 is 11.7 Å². The van der Waals surface area contributed by atoms with Gasteiger partial charge in [0.2, 0.25) is 0 Å². The van der Waals surface area contributed by atoms with Crippen molar-refractivity contribution in [3.05, 3.63) is 77.6 Å². The maximum absolute atomic E-state index is 12.6. The molecule has 0 aliphatic heterocycles. The summed E-state index contributed by atoms with van der Waals surface area (Å²) in [6.45, 7) is 1.51. The molecular formula is C21H18F3N3O3. The molecule has 0 atom stereocenters. The van der Waals surface area contributed by atoms with Crippen molar-refractivity contribution in [1.29, 1.82) is 0 Å². The van der Waals surface area contributed by atoms with Crippen LogP contribution in [0.2, 0.25) is 0 Å². The predicted molar refractivity (Wildman–Crippen MR) is 102 cm³/mol. The number of aromatic nitrogens is 2. The monoisotopic (exact) mass is 417 g/mol. The van der Waals surface area contributed by atoms with Crippen LogP contribution >= 0.6 is 0 Å². The Labute approximate surface area is 170 Å². The smallest absolute Gasteiger partial charge is 0.435 e. The molecule has 156 valence electrons. The minimum absolute atomic E-state index is 0.0568. The summed E-state index contributed by atoms with van der Waals surface area (Å²) < 4.78 is 44.4. The molecule has 1 amide bonds. The van der Waals surface area contributed by atoms with Crippen molar-refractivity contribution in [2.24, 2.45) is 0 Å². The Morgan fingerprint density at radius 3 is 2.27 bits per heavy atom. The van der Waals surface area contributed by atoms with E-state index in [1.54, 1.807) is 48.5 Å². The predicted octanol–water partition coefficient (Wildman–Crippen LogP) is 3.79. The molecular weight excluding hydrogens is 399 g/mol. The number of alkyl halides is 3. The first-order chi connectivity index (χ1) is 14.2. The lowest BCUT2D eigenvalue weighted by molar-refractivity contribution is -0.141. The molecule has 0 aliphatic carbocycles. The number of Topliss-reactive ketones (excluding diaryl/α,β-unsaturated/α-hetero) is 1. The highest BCUT2D eigenvalue weighted by molar-refractivity contribution is 5.94. The molecule has 0 bridgehead atoms. The standard InChI is InChI=1S/C21H18F3N3O3/c1-14(28)16-4-8-18(9-5-16)30-13-20(29)25-12-15-2-6-17(7-3-15)27-11-10-19(26-27)21(22,23)24/h2-11H,12-13H2,1H3,(H,25,29). The molecule has 2 aromatic carbocycles. The minimum atomic E-state index is -4.49. The molecule has 3 aromatic rings. The van der Waals surface area contributed by atoms with Crippen LogP contribution in [0.15, 0.2) is 60.8 Å². The molecule has 0 unspecified atom stereocenters. The van der Waals surface area contributed by atoms with Gasteiger partial charge in [0.15, 0.2) is 18.1 Å². The van der Waals surface area contributed by atoms with Gasteiger partial charge in [0.1, 0.15) is 5.75 Å². The highest BCUT2D eigenvalue weighted by Gasteiger charge is 2.33. The highest BCUT2D eigenvalue weighted by atomic mass is 19.4. The second-order valence-corrected chi connectivity index (χ2v) is 6.46. The van der Waals surface area contributed by atoms with Gasteiger partial charge in [-0.15, -0.1) is 0 Å². The van der Waals surface area contributed by atoms with Gasteiger partial charge in [-0.05, 0) is 55.0 Å². The SMILES string of the molecule is CC(=O)c1ccc(OCC(=O)NCc2ccc(-n3ccc(C(F)(F)F)n3)cc2)cc1. The van der Waals surface area contributed by atoms with Gasteiger partial charge in [-0.2, -0.15) is 18.3 Å². The Morgan fingerprint density at radius 2 is 1.70 bits per heavy atom. The summed E-state index contributed by atoms with van der Waals surface area (Å²) in [5.74, 6) is 0.0761. The average molecular weight is 417 g/mol. The summed E-state index contributed by atoms with van der Waals surface area (Å²) in [7, 11) is 0. The maximum Gasteiger partial charge on any atom is 0.435 e. The number of carbonyl (C=O) groups is 2. The van der Waals surface area contributed by atoms with Crippen molar-refractivity contribution < 1.29 is 27.5 Å². The van der Waals surface area contributed by atoms with Crippen molar-refractivity contribution in [1.82, 2.24) is 15.1 Å². The Hall–Kier alpha value is -3.62. The Kier molecular flexibility index (Phi) is 6.20. The van der Waals surface area contributed by atoms with Crippen molar-refractivity contribution in [2.75, 3.05) is 6.61 Å². The Balaban J connectivity index is 1.49. The normalized spacial score (nSPS) is 11.2. The quantitative estimate of drug-likeness (QED) is 0.594. The Bertz CT molecular complexity index is 1030. The summed E-state index contributed by atoms with van der Waals surface area (Å²) in [5.41, 5.74) is 0.828. The summed E-state index contributed by atoms with van der Waals surface area (Å²) in [4.78, 5) is 23.2. The molecule has 9 heteroatoms. The van der Waals surface area contributed by atoms with Crippen LogP contribution < -0.4 is 10.1 Å². The third-order valence-electron chi connectivity index (χ3n) is 4.20. The zero-order valence-corrected chi connectivity index (χ0v) is 15.9. The first-order valence-electron chi connectivity index (χ1n) is 8.95.